The van der Waals surface area contributed by atoms with E-state index in [0.29, 0.717) is 0 Å². The molecule has 0 fully saturated rings. The molecule has 24 nitrogen and oxygen atoms in total. The topological polar surface area (TPSA) is 412 Å². The molecule has 11 N–H and O–H groups in total. The van der Waals surface area contributed by atoms with E-state index in [1.165, 1.54) is 7.05 Å². The van der Waals surface area contributed by atoms with Gasteiger partial charge in [-0.1, -0.05) is 0 Å². The van der Waals surface area contributed by atoms with E-state index in [0.717, 1.165) is 0 Å². The van der Waals surface area contributed by atoms with Crippen LogP contribution in [0.2, 0.25) is 0 Å². The van der Waals surface area contributed by atoms with Gasteiger partial charge < -0.3 is 57.0 Å². The number of Topliss-reactive ketones (excluding diaryl/α,β-unsaturated/α-hetero) is 3. The van der Waals surface area contributed by atoms with Crippen molar-refractivity contribution in [3.63, 3.8) is 0 Å². The normalized spacial score (nSPS) is 13.8. The van der Waals surface area contributed by atoms with E-state index < -0.39 is 209 Å². The first-order chi connectivity index (χ1) is 28.0. The third-order valence-electron chi connectivity index (χ3n) is 9.00. The molecule has 60 heavy (non-hydrogen) atoms. The molecule has 0 aliphatic heterocycles. The Morgan fingerprint density at radius 1 is 0.333 bits per heavy atom. The number of carboxylic acid groups (broad SMARTS) is 7. The van der Waals surface area contributed by atoms with E-state index >= 15 is 0 Å². The largest absolute Gasteiger partial charge is 0.481 e. The summed E-state index contributed by atoms with van der Waals surface area (Å²) < 4.78 is 0. The second-order valence-electron chi connectivity index (χ2n) is 13.7. The summed E-state index contributed by atoms with van der Waals surface area (Å²) in [6.07, 6.45) is -10.1. The van der Waals surface area contributed by atoms with Crippen LogP contribution in [-0.4, -0.2) is 144 Å². The Morgan fingerprint density at radius 3 is 0.900 bits per heavy atom. The summed E-state index contributed by atoms with van der Waals surface area (Å²) in [4.78, 5) is 159. The minimum absolute atomic E-state index is 0.234. The van der Waals surface area contributed by atoms with Crippen LogP contribution in [0, 0.1) is 11.8 Å². The molecule has 24 heteroatoms. The number of hydrogen-bond donors (Lipinski definition) is 11. The number of hydrogen-bond acceptors (Lipinski definition) is 14. The number of likely N-dealkylation sites (N-methyl/N-ethyl adjacent to an activating group) is 1. The number of carbonyl (C=O) groups is 13. The van der Waals surface area contributed by atoms with Crippen molar-refractivity contribution in [3.8, 4) is 0 Å². The molecule has 0 aromatic carbocycles. The number of ketones is 3. The first kappa shape index (κ1) is 53.7. The van der Waals surface area contributed by atoms with Gasteiger partial charge in [-0.25, -0.2) is 0 Å². The zero-order chi connectivity index (χ0) is 46.1. The minimum atomic E-state index is -1.76. The van der Waals surface area contributed by atoms with Gasteiger partial charge in [0, 0.05) is 69.6 Å². The second-order valence-corrected chi connectivity index (χ2v) is 13.7. The van der Waals surface area contributed by atoms with Crippen molar-refractivity contribution < 1.29 is 98.1 Å². The molecule has 0 aromatic heterocycles. The molecule has 0 saturated heterocycles. The third-order valence-corrected chi connectivity index (χ3v) is 9.00. The molecule has 0 spiro atoms. The van der Waals surface area contributed by atoms with Crippen LogP contribution in [0.15, 0.2) is 0 Å². The van der Waals surface area contributed by atoms with Crippen LogP contribution in [0.25, 0.3) is 0 Å². The standard InChI is InChI=1S/C36H52N4O20/c1-37-23(7-14-32(54)55)36(60)40-22(6-13-31(52)53)26(43)17-19(3-10-28(46)47)35(59)39-21(5-12-30(50)51)25(42)16-18(2-9-27(44)45)34(58)38-20(4-11-29(48)49)24(41)8-15-33(56)57/h18-23,37H,2-17H2,1H3,(H,38,58)(H,39,59)(H,40,60)(H,44,45)(H,46,47)(H,48,49)(H,50,51)(H,52,53)(H,54,55)(H,56,57). The zero-order valence-electron chi connectivity index (χ0n) is 32.7. The summed E-state index contributed by atoms with van der Waals surface area (Å²) >= 11 is 0. The fraction of sp³-hybridized carbons (Fsp3) is 0.639. The number of carboxylic acids is 7. The quantitative estimate of drug-likeness (QED) is 0.0356. The van der Waals surface area contributed by atoms with Gasteiger partial charge in [-0.05, 0) is 45.6 Å². The predicted molar refractivity (Wildman–Crippen MR) is 198 cm³/mol. The maximum atomic E-state index is 13.7. The molecule has 0 rings (SSSR count). The molecule has 3 amide bonds. The van der Waals surface area contributed by atoms with Gasteiger partial charge in [-0.3, -0.25) is 62.3 Å². The van der Waals surface area contributed by atoms with E-state index in [9.17, 15) is 82.8 Å². The average molecular weight is 861 g/mol. The Balaban J connectivity index is 6.59. The molecule has 0 aliphatic rings. The second kappa shape index (κ2) is 28.2. The van der Waals surface area contributed by atoms with Gasteiger partial charge in [0.2, 0.25) is 17.7 Å². The molecular weight excluding hydrogens is 808 g/mol. The summed E-state index contributed by atoms with van der Waals surface area (Å²) in [5, 5.41) is 73.6. The molecular formula is C36H52N4O20. The highest BCUT2D eigenvalue weighted by atomic mass is 16.4. The summed E-state index contributed by atoms with van der Waals surface area (Å²) in [6, 6.07) is -6.06. The fourth-order valence-corrected chi connectivity index (χ4v) is 5.69. The van der Waals surface area contributed by atoms with Crippen molar-refractivity contribution >= 4 is 76.9 Å². The summed E-state index contributed by atoms with van der Waals surface area (Å²) in [5.41, 5.74) is 0. The summed E-state index contributed by atoms with van der Waals surface area (Å²) in [6.45, 7) is 0. The third kappa shape index (κ3) is 23.8. The van der Waals surface area contributed by atoms with Gasteiger partial charge >= 0.3 is 41.8 Å². The van der Waals surface area contributed by atoms with Gasteiger partial charge in [0.1, 0.15) is 0 Å². The molecule has 6 atom stereocenters. The summed E-state index contributed by atoms with van der Waals surface area (Å²) in [7, 11) is 1.32. The van der Waals surface area contributed by atoms with Crippen LogP contribution in [0.5, 0.6) is 0 Å². The maximum Gasteiger partial charge on any atom is 0.303 e. The van der Waals surface area contributed by atoms with E-state index in [1.54, 1.807) is 0 Å². The molecule has 0 aromatic rings. The van der Waals surface area contributed by atoms with Crippen molar-refractivity contribution in [3.05, 3.63) is 0 Å². The number of aliphatic carboxylic acids is 7. The van der Waals surface area contributed by atoms with Crippen molar-refractivity contribution in [1.82, 2.24) is 21.3 Å². The number of nitrogens with one attached hydrogen (secondary N) is 4. The number of carbonyl (C=O) groups excluding carboxylic acids is 6. The maximum absolute atomic E-state index is 13.7. The number of amides is 3. The van der Waals surface area contributed by atoms with Crippen LogP contribution in [0.1, 0.15) is 103 Å². The van der Waals surface area contributed by atoms with Crippen LogP contribution in [0.4, 0.5) is 0 Å². The zero-order valence-corrected chi connectivity index (χ0v) is 32.7. The lowest BCUT2D eigenvalue weighted by Crippen LogP contribution is -2.50. The predicted octanol–water partition coefficient (Wildman–Crippen LogP) is -1.20. The molecule has 336 valence electrons. The van der Waals surface area contributed by atoms with Gasteiger partial charge in [-0.2, -0.15) is 0 Å². The molecule has 6 unspecified atom stereocenters. The first-order valence-electron chi connectivity index (χ1n) is 18.7. The molecule has 0 heterocycles. The number of rotatable bonds is 35. The highest BCUT2D eigenvalue weighted by Gasteiger charge is 2.34. The van der Waals surface area contributed by atoms with E-state index in [4.69, 9.17) is 15.3 Å². The van der Waals surface area contributed by atoms with E-state index in [2.05, 4.69) is 21.3 Å². The Labute approximate surface area is 341 Å². The van der Waals surface area contributed by atoms with Gasteiger partial charge in [0.15, 0.2) is 17.3 Å². The lowest BCUT2D eigenvalue weighted by atomic mass is 9.89. The molecule has 0 aliphatic carbocycles. The average Bonchev–Trinajstić information content (AvgIpc) is 3.14. The van der Waals surface area contributed by atoms with Crippen LogP contribution in [-0.2, 0) is 62.3 Å². The Bertz CT molecular complexity index is 1610. The summed E-state index contributed by atoms with van der Waals surface area (Å²) in [5.74, 6) is -19.0. The highest BCUT2D eigenvalue weighted by Crippen LogP contribution is 2.20. The van der Waals surface area contributed by atoms with Crippen LogP contribution >= 0.6 is 0 Å². The Morgan fingerprint density at radius 2 is 0.600 bits per heavy atom. The van der Waals surface area contributed by atoms with Crippen LogP contribution in [0.3, 0.4) is 0 Å². The molecule has 0 bridgehead atoms. The van der Waals surface area contributed by atoms with Gasteiger partial charge in [-0.15, -0.1) is 0 Å². The lowest BCUT2D eigenvalue weighted by Gasteiger charge is -2.26. The fourth-order valence-electron chi connectivity index (χ4n) is 5.69. The minimum Gasteiger partial charge on any atom is -0.481 e. The Kier molecular flexibility index (Phi) is 25.2. The lowest BCUT2D eigenvalue weighted by molar-refractivity contribution is -0.141. The Hall–Kier alpha value is -6.33. The van der Waals surface area contributed by atoms with E-state index in [1.807, 2.05) is 0 Å². The van der Waals surface area contributed by atoms with Gasteiger partial charge in [0.25, 0.3) is 0 Å². The van der Waals surface area contributed by atoms with Crippen molar-refractivity contribution in [2.75, 3.05) is 7.05 Å². The first-order valence-corrected chi connectivity index (χ1v) is 18.7. The van der Waals surface area contributed by atoms with Crippen molar-refractivity contribution in [2.45, 2.75) is 127 Å². The molecule has 0 saturated carbocycles. The van der Waals surface area contributed by atoms with E-state index in [-0.39, 0.29) is 6.42 Å². The van der Waals surface area contributed by atoms with Crippen molar-refractivity contribution in [1.29, 1.82) is 0 Å². The highest BCUT2D eigenvalue weighted by molar-refractivity contribution is 5.97. The van der Waals surface area contributed by atoms with Crippen LogP contribution < -0.4 is 21.3 Å². The smallest absolute Gasteiger partial charge is 0.303 e. The monoisotopic (exact) mass is 860 g/mol. The van der Waals surface area contributed by atoms with Gasteiger partial charge in [0.05, 0.1) is 30.6 Å². The SMILES string of the molecule is CNC(CCC(=O)O)C(=O)NC(CCC(=O)O)C(=O)CC(CCC(=O)O)C(=O)NC(CCC(=O)O)C(=O)CC(CCC(=O)O)C(=O)NC(CCC(=O)O)C(=O)CCC(=O)O. The van der Waals surface area contributed by atoms with Crippen molar-refractivity contribution in [2.24, 2.45) is 11.8 Å². The molecule has 0 radical (unpaired) electrons.